The maximum absolute atomic E-state index is 13.5. The summed E-state index contributed by atoms with van der Waals surface area (Å²) in [5, 5.41) is 2.86. The summed E-state index contributed by atoms with van der Waals surface area (Å²) in [5.41, 5.74) is 3.04. The predicted octanol–water partition coefficient (Wildman–Crippen LogP) is 3.14. The summed E-state index contributed by atoms with van der Waals surface area (Å²) in [4.78, 5) is 40.8. The Morgan fingerprint density at radius 2 is 1.94 bits per heavy atom. The summed E-state index contributed by atoms with van der Waals surface area (Å²) in [7, 11) is 0. The third kappa shape index (κ3) is 3.15. The first-order valence-corrected chi connectivity index (χ1v) is 10.7. The van der Waals surface area contributed by atoms with Crippen molar-refractivity contribution in [3.05, 3.63) is 65.5 Å². The minimum Gasteiger partial charge on any atom is -0.355 e. The topological polar surface area (TPSA) is 88.1 Å². The van der Waals surface area contributed by atoms with Crippen LogP contribution in [0.25, 0.3) is 5.57 Å². The summed E-state index contributed by atoms with van der Waals surface area (Å²) in [6.07, 6.45) is 9.33. The van der Waals surface area contributed by atoms with Gasteiger partial charge in [-0.3, -0.25) is 14.5 Å². The number of carbonyl (C=O) groups is 2. The molecule has 2 amide bonds. The number of carbonyl (C=O) groups excluding carboxylic acids is 2. The zero-order chi connectivity index (χ0) is 21.8. The molecule has 3 aliphatic rings. The van der Waals surface area contributed by atoms with Crippen molar-refractivity contribution >= 4 is 23.2 Å². The van der Waals surface area contributed by atoms with E-state index in [1.165, 1.54) is 0 Å². The van der Waals surface area contributed by atoms with Crippen molar-refractivity contribution in [3.8, 4) is 0 Å². The van der Waals surface area contributed by atoms with Gasteiger partial charge in [-0.25, -0.2) is 15.0 Å². The number of hydrogen-bond acceptors (Lipinski definition) is 5. The molecule has 0 aromatic carbocycles. The van der Waals surface area contributed by atoms with E-state index < -0.39 is 5.41 Å². The molecule has 0 spiro atoms. The Balaban J connectivity index is 1.56. The summed E-state index contributed by atoms with van der Waals surface area (Å²) in [6.45, 7) is 6.51. The number of amides is 2. The summed E-state index contributed by atoms with van der Waals surface area (Å²) in [5.74, 6) is 1.13. The fourth-order valence-corrected chi connectivity index (χ4v) is 4.74. The molecule has 31 heavy (non-hydrogen) atoms. The molecule has 2 unspecified atom stereocenters. The molecule has 5 rings (SSSR count). The van der Waals surface area contributed by atoms with Crippen molar-refractivity contribution in [2.75, 3.05) is 11.4 Å². The highest BCUT2D eigenvalue weighted by Gasteiger charge is 2.52. The largest absolute Gasteiger partial charge is 0.355 e. The lowest BCUT2D eigenvalue weighted by Gasteiger charge is -2.26. The molecule has 7 nitrogen and oxygen atoms in total. The number of fused-ring (bicyclic) bond motifs is 1. The Labute approximate surface area is 181 Å². The van der Waals surface area contributed by atoms with E-state index in [1.807, 2.05) is 51.4 Å². The fourth-order valence-electron chi connectivity index (χ4n) is 4.74. The van der Waals surface area contributed by atoms with E-state index in [-0.39, 0.29) is 23.7 Å². The summed E-state index contributed by atoms with van der Waals surface area (Å²) >= 11 is 0. The highest BCUT2D eigenvalue weighted by molar-refractivity contribution is 6.04. The van der Waals surface area contributed by atoms with Crippen LogP contribution in [0.2, 0.25) is 0 Å². The number of nitrogens with one attached hydrogen (secondary N) is 1. The normalized spacial score (nSPS) is 24.5. The van der Waals surface area contributed by atoms with Gasteiger partial charge in [0.25, 0.3) is 0 Å². The molecule has 2 atom stereocenters. The lowest BCUT2D eigenvalue weighted by atomic mass is 9.75. The standard InChI is InChI=1S/C24H25N5O2/c1-14-26-12-16(13-27-14)15-7-8-18-20(11-15)29(23(31)24(18,2)3)21-6-4-5-19(28-21)17-9-10-25-22(17)30/h4-7,11-13,17-18H,8-10H2,1-3H3,(H,25,30). The van der Waals surface area contributed by atoms with Gasteiger partial charge < -0.3 is 5.32 Å². The smallest absolute Gasteiger partial charge is 0.238 e. The first-order valence-electron chi connectivity index (χ1n) is 10.7. The second kappa shape index (κ2) is 7.11. The summed E-state index contributed by atoms with van der Waals surface area (Å²) < 4.78 is 0. The number of nitrogens with zero attached hydrogens (tertiary/aromatic N) is 4. The number of pyridine rings is 1. The van der Waals surface area contributed by atoms with Crippen LogP contribution < -0.4 is 10.2 Å². The number of anilines is 1. The number of aromatic nitrogens is 3. The van der Waals surface area contributed by atoms with Gasteiger partial charge in [-0.2, -0.15) is 0 Å². The molecule has 2 aromatic rings. The van der Waals surface area contributed by atoms with Crippen LogP contribution in [0.15, 0.2) is 48.4 Å². The fraction of sp³-hybridized carbons (Fsp3) is 0.375. The zero-order valence-electron chi connectivity index (χ0n) is 17.9. The van der Waals surface area contributed by atoms with E-state index in [2.05, 4.69) is 27.4 Å². The lowest BCUT2D eigenvalue weighted by Crippen LogP contribution is -2.32. The van der Waals surface area contributed by atoms with Gasteiger partial charge in [-0.05, 0) is 43.5 Å². The number of rotatable bonds is 3. The second-order valence-corrected chi connectivity index (χ2v) is 8.95. The molecule has 0 radical (unpaired) electrons. The van der Waals surface area contributed by atoms with Crippen molar-refractivity contribution in [2.45, 2.75) is 39.5 Å². The molecule has 2 aliphatic heterocycles. The minimum absolute atomic E-state index is 0.00271. The zero-order valence-corrected chi connectivity index (χ0v) is 17.9. The molecule has 2 fully saturated rings. The first-order chi connectivity index (χ1) is 14.9. The Kier molecular flexibility index (Phi) is 4.50. The van der Waals surface area contributed by atoms with Crippen LogP contribution in [0.1, 0.15) is 49.7 Å². The molecule has 0 bridgehead atoms. The van der Waals surface area contributed by atoms with Gasteiger partial charge in [0.05, 0.1) is 17.0 Å². The molecule has 158 valence electrons. The van der Waals surface area contributed by atoms with Crippen molar-refractivity contribution in [1.82, 2.24) is 20.3 Å². The van der Waals surface area contributed by atoms with Gasteiger partial charge in [-0.1, -0.05) is 26.0 Å². The van der Waals surface area contributed by atoms with Crippen molar-refractivity contribution in [2.24, 2.45) is 11.3 Å². The van der Waals surface area contributed by atoms with Crippen LogP contribution in [0.3, 0.4) is 0 Å². The average molecular weight is 415 g/mol. The van der Waals surface area contributed by atoms with Gasteiger partial charge in [0.2, 0.25) is 11.8 Å². The Bertz CT molecular complexity index is 1130. The van der Waals surface area contributed by atoms with E-state index in [1.54, 1.807) is 4.90 Å². The summed E-state index contributed by atoms with van der Waals surface area (Å²) in [6, 6.07) is 5.60. The van der Waals surface area contributed by atoms with Gasteiger partial charge in [0.1, 0.15) is 11.6 Å². The molecular weight excluding hydrogens is 390 g/mol. The highest BCUT2D eigenvalue weighted by atomic mass is 16.2. The molecule has 1 aliphatic carbocycles. The SMILES string of the molecule is Cc1ncc(C2=CCC3C(=C2)N(c2cccc(C4CCNC4=O)n2)C(=O)C3(C)C)cn1. The van der Waals surface area contributed by atoms with E-state index in [9.17, 15) is 9.59 Å². The second-order valence-electron chi connectivity index (χ2n) is 8.95. The van der Waals surface area contributed by atoms with Crippen LogP contribution in [-0.2, 0) is 9.59 Å². The van der Waals surface area contributed by atoms with Gasteiger partial charge in [0.15, 0.2) is 0 Å². The molecule has 2 saturated heterocycles. The molecule has 4 heterocycles. The van der Waals surface area contributed by atoms with E-state index in [0.29, 0.717) is 18.1 Å². The number of allylic oxidation sites excluding steroid dienone is 4. The van der Waals surface area contributed by atoms with Crippen molar-refractivity contribution < 1.29 is 9.59 Å². The predicted molar refractivity (Wildman–Crippen MR) is 117 cm³/mol. The highest BCUT2D eigenvalue weighted by Crippen LogP contribution is 2.50. The molecule has 7 heteroatoms. The van der Waals surface area contributed by atoms with Gasteiger partial charge >= 0.3 is 0 Å². The Morgan fingerprint density at radius 3 is 2.65 bits per heavy atom. The monoisotopic (exact) mass is 415 g/mol. The number of aryl methyl sites for hydroxylation is 1. The van der Waals surface area contributed by atoms with Crippen LogP contribution >= 0.6 is 0 Å². The third-order valence-electron chi connectivity index (χ3n) is 6.62. The van der Waals surface area contributed by atoms with Crippen molar-refractivity contribution in [3.63, 3.8) is 0 Å². The first kappa shape index (κ1) is 19.6. The van der Waals surface area contributed by atoms with Gasteiger partial charge in [-0.15, -0.1) is 0 Å². The maximum Gasteiger partial charge on any atom is 0.238 e. The lowest BCUT2D eigenvalue weighted by molar-refractivity contribution is -0.125. The van der Waals surface area contributed by atoms with Crippen LogP contribution in [-0.4, -0.2) is 33.3 Å². The molecule has 2 aromatic heterocycles. The van der Waals surface area contributed by atoms with E-state index in [0.717, 1.165) is 35.5 Å². The quantitative estimate of drug-likeness (QED) is 0.832. The van der Waals surface area contributed by atoms with Gasteiger partial charge in [0, 0.05) is 36.1 Å². The van der Waals surface area contributed by atoms with Crippen molar-refractivity contribution in [1.29, 1.82) is 0 Å². The average Bonchev–Trinajstić information content (AvgIpc) is 3.27. The molecule has 0 saturated carbocycles. The molecule has 1 N–H and O–H groups in total. The number of hydrogen-bond donors (Lipinski definition) is 1. The van der Waals surface area contributed by atoms with E-state index in [4.69, 9.17) is 4.98 Å². The van der Waals surface area contributed by atoms with Crippen LogP contribution in [0.4, 0.5) is 5.82 Å². The van der Waals surface area contributed by atoms with Crippen LogP contribution in [0, 0.1) is 18.3 Å². The minimum atomic E-state index is -0.542. The third-order valence-corrected chi connectivity index (χ3v) is 6.62. The molecular formula is C24H25N5O2. The maximum atomic E-state index is 13.5. The van der Waals surface area contributed by atoms with Crippen LogP contribution in [0.5, 0.6) is 0 Å². The van der Waals surface area contributed by atoms with E-state index >= 15 is 0 Å². The Morgan fingerprint density at radius 1 is 1.16 bits per heavy atom. The Hall–Kier alpha value is -3.35.